The van der Waals surface area contributed by atoms with Gasteiger partial charge in [-0.2, -0.15) is 0 Å². The number of carbonyl (C=O) groups is 5. The number of nitrogens with zero attached hydrogens (tertiary/aromatic N) is 2. The number of carbonyl (C=O) groups excluding carboxylic acids is 2. The van der Waals surface area contributed by atoms with Crippen molar-refractivity contribution in [2.24, 2.45) is 7.05 Å². The van der Waals surface area contributed by atoms with E-state index in [1.807, 2.05) is 48.7 Å². The number of aromatic nitrogens is 2. The first-order chi connectivity index (χ1) is 27.6. The molecule has 1 aliphatic heterocycles. The van der Waals surface area contributed by atoms with Crippen molar-refractivity contribution in [3.8, 4) is 0 Å². The molecule has 1 unspecified atom stereocenters. The maximum Gasteiger partial charge on any atom is 0.312 e. The fourth-order valence-electron chi connectivity index (χ4n) is 6.42. The Bertz CT molecular complexity index is 2450. The monoisotopic (exact) mass is 821 g/mol. The molecule has 58 heavy (non-hydrogen) atoms. The quantitative estimate of drug-likeness (QED) is 0.0932. The molecule has 1 aliphatic rings. The number of hydrogen-bond donors (Lipinski definition) is 4. The Morgan fingerprint density at radius 2 is 1.19 bits per heavy atom. The number of aryl methyl sites for hydroxylation is 2. The van der Waals surface area contributed by atoms with E-state index in [0.29, 0.717) is 68.2 Å². The van der Waals surface area contributed by atoms with Crippen molar-refractivity contribution in [3.05, 3.63) is 176 Å². The van der Waals surface area contributed by atoms with Gasteiger partial charge in [0.15, 0.2) is 0 Å². The molecule has 0 saturated carbocycles. The van der Waals surface area contributed by atoms with Crippen LogP contribution in [0.2, 0.25) is 10.0 Å². The zero-order chi connectivity index (χ0) is 42.1. The molecule has 0 bridgehead atoms. The van der Waals surface area contributed by atoms with Crippen LogP contribution in [0.1, 0.15) is 72.5 Å². The smallest absolute Gasteiger partial charge is 0.312 e. The first kappa shape index (κ1) is 42.7. The fraction of sp³-hybridized carbons (Fsp3) is 0.178. The first-order valence-electron chi connectivity index (χ1n) is 18.2. The third-order valence-corrected chi connectivity index (χ3v) is 10.2. The summed E-state index contributed by atoms with van der Waals surface area (Å²) in [4.78, 5) is 57.5. The lowest BCUT2D eigenvalue weighted by Gasteiger charge is -2.13. The van der Waals surface area contributed by atoms with Crippen molar-refractivity contribution in [1.82, 2.24) is 9.13 Å². The molecule has 1 atom stereocenters. The summed E-state index contributed by atoms with van der Waals surface area (Å²) in [6, 6.07) is 33.9. The molecule has 4 aromatic carbocycles. The minimum Gasteiger partial charge on any atom is -0.481 e. The van der Waals surface area contributed by atoms with Gasteiger partial charge in [0.1, 0.15) is 0 Å². The molecule has 0 saturated heterocycles. The highest BCUT2D eigenvalue weighted by Crippen LogP contribution is 2.34. The molecule has 0 amide bonds. The second-order valence-corrected chi connectivity index (χ2v) is 14.5. The number of hydrogen-bond acceptors (Lipinski definition) is 6. The van der Waals surface area contributed by atoms with Crippen LogP contribution in [0.4, 0.5) is 11.4 Å². The summed E-state index contributed by atoms with van der Waals surface area (Å²) in [6.07, 6.45) is 0.405. The number of para-hydroxylation sites is 2. The van der Waals surface area contributed by atoms with Gasteiger partial charge in [0, 0.05) is 41.8 Å². The van der Waals surface area contributed by atoms with Gasteiger partial charge in [0.25, 0.3) is 0 Å². The van der Waals surface area contributed by atoms with E-state index in [4.69, 9.17) is 38.5 Å². The molecular formula is C45H41Cl2N3O8. The molecule has 0 aliphatic carbocycles. The zero-order valence-corrected chi connectivity index (χ0v) is 33.4. The van der Waals surface area contributed by atoms with Crippen LogP contribution in [0.25, 0.3) is 0 Å². The van der Waals surface area contributed by atoms with E-state index in [1.165, 1.54) is 0 Å². The average Bonchev–Trinajstić information content (AvgIpc) is 3.90. The van der Waals surface area contributed by atoms with E-state index in [1.54, 1.807) is 96.5 Å². The Balaban J connectivity index is 0.000000166. The number of benzene rings is 4. The third kappa shape index (κ3) is 10.5. The van der Waals surface area contributed by atoms with Crippen molar-refractivity contribution < 1.29 is 39.3 Å². The molecule has 0 fully saturated rings. The Kier molecular flexibility index (Phi) is 14.1. The molecule has 0 spiro atoms. The van der Waals surface area contributed by atoms with E-state index in [2.05, 4.69) is 5.32 Å². The summed E-state index contributed by atoms with van der Waals surface area (Å²) < 4.78 is 3.47. The minimum atomic E-state index is -0.907. The Morgan fingerprint density at radius 3 is 1.74 bits per heavy atom. The van der Waals surface area contributed by atoms with Crippen LogP contribution < -0.4 is 5.32 Å². The number of ketones is 2. The fourth-order valence-corrected chi connectivity index (χ4v) is 6.91. The molecule has 6 aromatic rings. The van der Waals surface area contributed by atoms with E-state index >= 15 is 0 Å². The number of halogens is 2. The van der Waals surface area contributed by atoms with Gasteiger partial charge in [-0.05, 0) is 68.3 Å². The highest BCUT2D eigenvalue weighted by atomic mass is 35.5. The Labute approximate surface area is 345 Å². The van der Waals surface area contributed by atoms with Crippen LogP contribution in [-0.4, -0.2) is 53.9 Å². The second-order valence-electron chi connectivity index (χ2n) is 13.7. The van der Waals surface area contributed by atoms with Crippen LogP contribution in [0, 0.1) is 13.8 Å². The predicted molar refractivity (Wildman–Crippen MR) is 223 cm³/mol. The lowest BCUT2D eigenvalue weighted by atomic mass is 10.1. The summed E-state index contributed by atoms with van der Waals surface area (Å²) in [6.45, 7) is 4.52. The summed E-state index contributed by atoms with van der Waals surface area (Å²) in [7, 11) is 1.71. The summed E-state index contributed by atoms with van der Waals surface area (Å²) in [5, 5.41) is 30.9. The van der Waals surface area contributed by atoms with Crippen molar-refractivity contribution in [2.45, 2.75) is 45.6 Å². The maximum atomic E-state index is 12.5. The van der Waals surface area contributed by atoms with Crippen LogP contribution >= 0.6 is 23.2 Å². The summed E-state index contributed by atoms with van der Waals surface area (Å²) in [5.74, 6) is -3.26. The standard InChI is InChI=1S/C16H15NO3.C15H15NO3.C14H11Cl2NO2/c1-10-2-4-11(5-3-10)15(18)14-7-6-13-12(16(19)20)8-9-17(13)14;1-10-3-5-11(6-4-10)15(19)13-8-7-12(16(13)2)9-14(17)18;15-10-5-3-6-11(16)14(10)17-12-7-2-1-4-9(12)8-13(18)19/h2-7,12H,8-9H2,1H3,(H,19,20);3-8H,9H2,1-2H3,(H,17,18);1-7,17H,8H2,(H,18,19). The van der Waals surface area contributed by atoms with Crippen molar-refractivity contribution >= 4 is 64.1 Å². The summed E-state index contributed by atoms with van der Waals surface area (Å²) >= 11 is 12.1. The zero-order valence-electron chi connectivity index (χ0n) is 31.9. The van der Waals surface area contributed by atoms with Gasteiger partial charge in [0.05, 0.1) is 45.9 Å². The highest BCUT2D eigenvalue weighted by molar-refractivity contribution is 6.39. The molecule has 4 N–H and O–H groups in total. The minimum absolute atomic E-state index is 0.0534. The molecular weight excluding hydrogens is 781 g/mol. The van der Waals surface area contributed by atoms with Gasteiger partial charge < -0.3 is 29.8 Å². The van der Waals surface area contributed by atoms with E-state index in [9.17, 15) is 24.0 Å². The predicted octanol–water partition coefficient (Wildman–Crippen LogP) is 9.16. The summed E-state index contributed by atoms with van der Waals surface area (Å²) in [5.41, 5.74) is 7.78. The average molecular weight is 823 g/mol. The van der Waals surface area contributed by atoms with Gasteiger partial charge in [-0.3, -0.25) is 24.0 Å². The molecule has 7 rings (SSSR count). The van der Waals surface area contributed by atoms with Gasteiger partial charge >= 0.3 is 17.9 Å². The first-order valence-corrected chi connectivity index (χ1v) is 18.9. The van der Waals surface area contributed by atoms with Gasteiger partial charge in [0.2, 0.25) is 11.6 Å². The van der Waals surface area contributed by atoms with Crippen LogP contribution in [0.3, 0.4) is 0 Å². The number of carboxylic acid groups (broad SMARTS) is 3. The number of anilines is 2. The Hall–Kier alpha value is -6.43. The number of rotatable bonds is 11. The second kappa shape index (κ2) is 19.1. The van der Waals surface area contributed by atoms with Crippen LogP contribution in [0.5, 0.6) is 0 Å². The van der Waals surface area contributed by atoms with Crippen LogP contribution in [-0.2, 0) is 40.8 Å². The number of fused-ring (bicyclic) bond motifs is 1. The van der Waals surface area contributed by atoms with Crippen molar-refractivity contribution in [3.63, 3.8) is 0 Å². The maximum absolute atomic E-state index is 12.5. The molecule has 13 heteroatoms. The van der Waals surface area contributed by atoms with E-state index < -0.39 is 23.8 Å². The number of nitrogens with one attached hydrogen (secondary N) is 1. The van der Waals surface area contributed by atoms with Gasteiger partial charge in [-0.15, -0.1) is 0 Å². The molecule has 0 radical (unpaired) electrons. The molecule has 2 aromatic heterocycles. The van der Waals surface area contributed by atoms with E-state index in [-0.39, 0.29) is 24.4 Å². The lowest BCUT2D eigenvalue weighted by molar-refractivity contribution is -0.139. The van der Waals surface area contributed by atoms with Gasteiger partial charge in [-0.1, -0.05) is 107 Å². The molecule has 298 valence electrons. The SMILES string of the molecule is Cc1ccc(C(=O)c2ccc(CC(=O)O)n2C)cc1.Cc1ccc(C(=O)c2ccc3n2CCC3C(=O)O)cc1.O=C(O)Cc1ccccc1Nc1c(Cl)cccc1Cl. The Morgan fingerprint density at radius 1 is 0.655 bits per heavy atom. The van der Waals surface area contributed by atoms with E-state index in [0.717, 1.165) is 16.8 Å². The number of aliphatic carboxylic acids is 3. The lowest BCUT2D eigenvalue weighted by Crippen LogP contribution is -2.11. The largest absolute Gasteiger partial charge is 0.481 e. The van der Waals surface area contributed by atoms with Crippen molar-refractivity contribution in [1.29, 1.82) is 0 Å². The van der Waals surface area contributed by atoms with Crippen molar-refractivity contribution in [2.75, 3.05) is 5.32 Å². The van der Waals surface area contributed by atoms with Crippen LogP contribution in [0.15, 0.2) is 115 Å². The normalized spacial score (nSPS) is 12.6. The molecule has 11 nitrogen and oxygen atoms in total. The molecule has 3 heterocycles. The highest BCUT2D eigenvalue weighted by Gasteiger charge is 2.31. The van der Waals surface area contributed by atoms with Gasteiger partial charge in [-0.25, -0.2) is 0 Å². The number of carboxylic acids is 3. The third-order valence-electron chi connectivity index (χ3n) is 9.54. The topological polar surface area (TPSA) is 168 Å².